The van der Waals surface area contributed by atoms with Gasteiger partial charge in [-0.2, -0.15) is 0 Å². The van der Waals surface area contributed by atoms with E-state index in [9.17, 15) is 0 Å². The van der Waals surface area contributed by atoms with Crippen molar-refractivity contribution in [2.24, 2.45) is 0 Å². The highest BCUT2D eigenvalue weighted by atomic mass is 16.3. The highest BCUT2D eigenvalue weighted by Crippen LogP contribution is 2.56. The SMILES string of the molecule is CC1(C)c2ccccc2-c2cccc(-c3ccc(N(c4ccc(-c5ccc(-c6ccc7ccc(-c8ccc9c(c8)oc8cccc(-c%10ccccc%10N(c%10ccc(-c%11ccc%12ccccc%12c%11)cc%10)c%10ccc(-c%11cccc%12c%11C(C)(C)c%11ccccc%11-%12)cc%10)c89)cc7c6)cc5)cc4)c4ccccc4-c4cccc5oc6ccccc6c45)cc3)c21. The molecular formula is C116H80N2O2. The summed E-state index contributed by atoms with van der Waals surface area (Å²) in [5.74, 6) is 0. The zero-order chi connectivity index (χ0) is 79.9. The lowest BCUT2D eigenvalue weighted by Gasteiger charge is -2.29. The van der Waals surface area contributed by atoms with Gasteiger partial charge in [-0.25, -0.2) is 0 Å². The molecule has 2 aliphatic rings. The van der Waals surface area contributed by atoms with Gasteiger partial charge in [-0.05, 0) is 253 Å². The highest BCUT2D eigenvalue weighted by Gasteiger charge is 2.39. The molecule has 566 valence electrons. The summed E-state index contributed by atoms with van der Waals surface area (Å²) < 4.78 is 13.5. The van der Waals surface area contributed by atoms with Crippen molar-refractivity contribution < 1.29 is 8.83 Å². The van der Waals surface area contributed by atoms with Gasteiger partial charge in [0.05, 0.1) is 11.4 Å². The molecule has 0 aliphatic heterocycles. The van der Waals surface area contributed by atoms with Crippen molar-refractivity contribution in [3.63, 3.8) is 0 Å². The molecule has 4 heteroatoms. The van der Waals surface area contributed by atoms with Gasteiger partial charge in [0.2, 0.25) is 0 Å². The first-order chi connectivity index (χ1) is 59.0. The molecule has 2 heterocycles. The molecule has 0 amide bonds. The molecule has 2 aromatic heterocycles. The van der Waals surface area contributed by atoms with Gasteiger partial charge in [0.15, 0.2) is 0 Å². The number of para-hydroxylation sites is 3. The van der Waals surface area contributed by atoms with Crippen LogP contribution in [0.25, 0.3) is 177 Å². The Labute approximate surface area is 698 Å². The van der Waals surface area contributed by atoms with Crippen molar-refractivity contribution in [1.29, 1.82) is 0 Å². The van der Waals surface area contributed by atoms with Gasteiger partial charge in [0.1, 0.15) is 22.3 Å². The molecule has 0 radical (unpaired) electrons. The van der Waals surface area contributed by atoms with Gasteiger partial charge >= 0.3 is 0 Å². The number of benzene rings is 19. The zero-order valence-corrected chi connectivity index (χ0v) is 67.0. The molecule has 21 aromatic rings. The van der Waals surface area contributed by atoms with Gasteiger partial charge < -0.3 is 18.6 Å². The third-order valence-electron chi connectivity index (χ3n) is 25.9. The molecule has 0 saturated heterocycles. The monoisotopic (exact) mass is 1530 g/mol. The van der Waals surface area contributed by atoms with Gasteiger partial charge in [-0.1, -0.05) is 331 Å². The molecule has 0 unspecified atom stereocenters. The van der Waals surface area contributed by atoms with Crippen LogP contribution in [0.5, 0.6) is 0 Å². The van der Waals surface area contributed by atoms with Gasteiger partial charge in [-0.3, -0.25) is 0 Å². The van der Waals surface area contributed by atoms with Crippen LogP contribution in [0, 0.1) is 0 Å². The summed E-state index contributed by atoms with van der Waals surface area (Å²) in [5.41, 5.74) is 38.8. The lowest BCUT2D eigenvalue weighted by atomic mass is 9.79. The highest BCUT2D eigenvalue weighted by molar-refractivity contribution is 6.16. The first-order valence-electron chi connectivity index (χ1n) is 41.7. The maximum atomic E-state index is 6.97. The van der Waals surface area contributed by atoms with Crippen LogP contribution in [0.4, 0.5) is 34.1 Å². The van der Waals surface area contributed by atoms with E-state index in [1.54, 1.807) is 0 Å². The Balaban J connectivity index is 0.551. The smallest absolute Gasteiger partial charge is 0.136 e. The number of nitrogens with zero attached hydrogens (tertiary/aromatic N) is 2. The Bertz CT molecular complexity index is 7690. The molecule has 0 bridgehead atoms. The summed E-state index contributed by atoms with van der Waals surface area (Å²) >= 11 is 0. The second kappa shape index (κ2) is 27.8. The Hall–Kier alpha value is -15.1. The number of hydrogen-bond acceptors (Lipinski definition) is 4. The summed E-state index contributed by atoms with van der Waals surface area (Å²) in [6, 6.07) is 152. The van der Waals surface area contributed by atoms with Crippen LogP contribution in [0.3, 0.4) is 0 Å². The molecule has 23 rings (SSSR count). The average molecular weight is 1530 g/mol. The number of hydrogen-bond donors (Lipinski definition) is 0. The van der Waals surface area contributed by atoms with Crippen molar-refractivity contribution in [3.8, 4) is 111 Å². The van der Waals surface area contributed by atoms with E-state index in [1.807, 2.05) is 6.07 Å². The van der Waals surface area contributed by atoms with E-state index < -0.39 is 0 Å². The summed E-state index contributed by atoms with van der Waals surface area (Å²) in [4.78, 5) is 4.84. The van der Waals surface area contributed by atoms with Gasteiger partial charge in [0.25, 0.3) is 0 Å². The molecule has 19 aromatic carbocycles. The second-order valence-electron chi connectivity index (χ2n) is 33.4. The van der Waals surface area contributed by atoms with E-state index in [0.29, 0.717) is 0 Å². The van der Waals surface area contributed by atoms with Gasteiger partial charge in [0, 0.05) is 66.3 Å². The fourth-order valence-electron chi connectivity index (χ4n) is 20.1. The van der Waals surface area contributed by atoms with Crippen LogP contribution in [-0.4, -0.2) is 0 Å². The number of fused-ring (bicyclic) bond motifs is 14. The minimum atomic E-state index is -0.149. The predicted octanol–water partition coefficient (Wildman–Crippen LogP) is 32.7. The minimum Gasteiger partial charge on any atom is -0.456 e. The first kappa shape index (κ1) is 70.3. The third-order valence-corrected chi connectivity index (χ3v) is 25.9. The Morgan fingerprint density at radius 3 is 1.00 bits per heavy atom. The van der Waals surface area contributed by atoms with Crippen molar-refractivity contribution in [2.75, 3.05) is 9.80 Å². The van der Waals surface area contributed by atoms with Crippen LogP contribution >= 0.6 is 0 Å². The largest absolute Gasteiger partial charge is 0.456 e. The molecule has 0 atom stereocenters. The van der Waals surface area contributed by atoms with Gasteiger partial charge in [-0.15, -0.1) is 0 Å². The van der Waals surface area contributed by atoms with E-state index in [0.717, 1.165) is 139 Å². The van der Waals surface area contributed by atoms with E-state index in [2.05, 4.69) is 444 Å². The van der Waals surface area contributed by atoms with Crippen LogP contribution < -0.4 is 9.80 Å². The molecular weight excluding hydrogens is 1450 g/mol. The normalized spacial score (nSPS) is 13.0. The van der Waals surface area contributed by atoms with Crippen molar-refractivity contribution in [2.45, 2.75) is 38.5 Å². The molecule has 4 nitrogen and oxygen atoms in total. The molecule has 0 N–H and O–H groups in total. The van der Waals surface area contributed by atoms with Crippen molar-refractivity contribution >= 4 is 99.5 Å². The van der Waals surface area contributed by atoms with Crippen LogP contribution in [0.2, 0.25) is 0 Å². The van der Waals surface area contributed by atoms with E-state index in [4.69, 9.17) is 8.83 Å². The standard InChI is InChI=1S/C116H80N2O2/c1-115(2)103-34-12-7-23-93(103)99-32-17-28-91(113(99)115)79-55-64-89(65-56-79)117(105-36-14-9-25-95(105)97-30-19-39-108-111(97)101-27-11-16-38-107(101)119-108)87-60-51-75(52-61-87)74-41-43-76(44-42-74)83-49-46-78-47-50-84(71-86(78)70-83)85-59-68-102-110(72-85)120-109-40-20-31-98(112(102)109)96-26-10-15-37-106(96)118(88-62-53-77(54-63-88)82-48-45-73-21-5-6-22-81(73)69-82)90-66-57-80(58-67-90)92-29-18-33-100-94-24-8-13-35-104(94)116(3,4)114(92)100/h5-72H,1-4H3. The predicted molar refractivity (Wildman–Crippen MR) is 504 cm³/mol. The lowest BCUT2D eigenvalue weighted by Crippen LogP contribution is -2.16. The van der Waals surface area contributed by atoms with Crippen molar-refractivity contribution in [3.05, 3.63) is 435 Å². The fourth-order valence-corrected chi connectivity index (χ4v) is 20.1. The van der Waals surface area contributed by atoms with Crippen LogP contribution in [-0.2, 0) is 10.8 Å². The van der Waals surface area contributed by atoms with E-state index >= 15 is 0 Å². The molecule has 2 aliphatic carbocycles. The Morgan fingerprint density at radius 1 is 0.192 bits per heavy atom. The van der Waals surface area contributed by atoms with E-state index in [1.165, 1.54) is 93.9 Å². The first-order valence-corrected chi connectivity index (χ1v) is 41.7. The summed E-state index contributed by atoms with van der Waals surface area (Å²) in [7, 11) is 0. The lowest BCUT2D eigenvalue weighted by molar-refractivity contribution is 0.662. The molecule has 0 spiro atoms. The summed E-state index contributed by atoms with van der Waals surface area (Å²) in [6.45, 7) is 9.48. The number of furan rings is 2. The fraction of sp³-hybridized carbons (Fsp3) is 0.0517. The van der Waals surface area contributed by atoms with Crippen LogP contribution in [0.15, 0.2) is 421 Å². The second-order valence-corrected chi connectivity index (χ2v) is 33.4. The molecule has 0 saturated carbocycles. The third kappa shape index (κ3) is 11.5. The number of anilines is 6. The van der Waals surface area contributed by atoms with Crippen LogP contribution in [0.1, 0.15) is 49.9 Å². The average Bonchev–Trinajstić information content (AvgIpc) is 1.57. The number of rotatable bonds is 14. The Morgan fingerprint density at radius 2 is 0.500 bits per heavy atom. The molecule has 0 fully saturated rings. The van der Waals surface area contributed by atoms with Crippen molar-refractivity contribution in [1.82, 2.24) is 0 Å². The quantitative estimate of drug-likeness (QED) is 0.109. The zero-order valence-electron chi connectivity index (χ0n) is 67.0. The Kier molecular flexibility index (Phi) is 16.3. The maximum Gasteiger partial charge on any atom is 0.136 e. The van der Waals surface area contributed by atoms with E-state index in [-0.39, 0.29) is 10.8 Å². The summed E-state index contributed by atoms with van der Waals surface area (Å²) in [5, 5.41) is 9.17. The minimum absolute atomic E-state index is 0.145. The maximum absolute atomic E-state index is 6.97. The topological polar surface area (TPSA) is 32.8 Å². The molecule has 120 heavy (non-hydrogen) atoms. The summed E-state index contributed by atoms with van der Waals surface area (Å²) in [6.07, 6.45) is 0.